The summed E-state index contributed by atoms with van der Waals surface area (Å²) >= 11 is 0. The molecule has 0 saturated heterocycles. The Morgan fingerprint density at radius 2 is 0.581 bits per heavy atom. The van der Waals surface area contributed by atoms with E-state index in [0.717, 1.165) is 107 Å². The Bertz CT molecular complexity index is 4650. The second-order valence-electron chi connectivity index (χ2n) is 21.2. The van der Waals surface area contributed by atoms with Crippen LogP contribution in [0.3, 0.4) is 0 Å². The maximum atomic E-state index is 5.51. The molecule has 0 spiro atoms. The first-order valence-electron chi connectivity index (χ1n) is 28.6. The number of hydrogen-bond donors (Lipinski definition) is 0. The molecule has 0 saturated carbocycles. The molecule has 0 atom stereocenters. The third kappa shape index (κ3) is 10.8. The molecule has 11 aromatic carbocycles. The molecule has 12 rings (SSSR count). The van der Waals surface area contributed by atoms with E-state index in [1.807, 2.05) is 18.2 Å². The van der Waals surface area contributed by atoms with Gasteiger partial charge < -0.3 is 14.7 Å². The van der Waals surface area contributed by atoms with Gasteiger partial charge in [0.25, 0.3) is 0 Å². The first-order valence-corrected chi connectivity index (χ1v) is 28.6. The quantitative estimate of drug-likeness (QED) is 0.113. The Labute approximate surface area is 506 Å². The lowest BCUT2D eigenvalue weighted by molar-refractivity contribution is 0.917. The van der Waals surface area contributed by atoms with Crippen LogP contribution in [0.15, 0.2) is 261 Å². The number of hydrogen-bond acceptors (Lipinski definition) is 3. The van der Waals surface area contributed by atoms with Crippen LogP contribution in [-0.2, 0) is 5.41 Å². The van der Waals surface area contributed by atoms with Gasteiger partial charge in [-0.05, 0) is 262 Å². The topological polar surface area (TPSA) is 9.72 Å². The first-order chi connectivity index (χ1) is 42.2. The van der Waals surface area contributed by atoms with E-state index in [2.05, 4.69) is 344 Å². The molecule has 0 bridgehead atoms. The van der Waals surface area contributed by atoms with Crippen molar-refractivity contribution < 1.29 is 0 Å². The molecule has 3 nitrogen and oxygen atoms in total. The number of benzene rings is 11. The van der Waals surface area contributed by atoms with Crippen LogP contribution in [-0.4, -0.2) is 0 Å². The number of para-hydroxylation sites is 3. The monoisotopic (exact) mass is 1100 g/mol. The van der Waals surface area contributed by atoms with Crippen LogP contribution in [0.25, 0.3) is 44.5 Å². The van der Waals surface area contributed by atoms with Crippen molar-refractivity contribution in [2.75, 3.05) is 14.7 Å². The number of aryl methyl sites for hydroxylation is 4. The third-order valence-corrected chi connectivity index (χ3v) is 15.9. The summed E-state index contributed by atoms with van der Waals surface area (Å²) in [6.45, 7) is 8.86. The van der Waals surface area contributed by atoms with Crippen LogP contribution in [0, 0.1) is 99.7 Å². The molecular weight excluding hydrogens is 1040 g/mol. The Hall–Kier alpha value is -11.8. The predicted octanol–water partition coefficient (Wildman–Crippen LogP) is 19.9. The minimum absolute atomic E-state index is 0.925. The lowest BCUT2D eigenvalue weighted by Crippen LogP contribution is -2.21. The second-order valence-corrected chi connectivity index (χ2v) is 21.2. The molecule has 0 aromatic heterocycles. The summed E-state index contributed by atoms with van der Waals surface area (Å²) in [5.41, 5.74) is 24.0. The average molecular weight is 1100 g/mol. The van der Waals surface area contributed by atoms with Crippen molar-refractivity contribution in [1.82, 2.24) is 0 Å². The van der Waals surface area contributed by atoms with E-state index in [1.54, 1.807) is 0 Å². The standard InChI is InChI=1S/C83H57N3/c1-7-9-11-27-52-83(53-28-12-10-8-2)81-41-26-25-40-79(81)80-51-46-74(59-82(80)83)85(68-37-23-16-24-38-68)71-43-48-76(61(4)55-71)78-50-45-73(57-63(78)6)86(69-39-29-32-65(58-69)64-30-17-13-18-31-64)72-44-49-77(62(5)56-72)75-47-42-70(54-60(75)3)84(66-33-19-14-20-34-66)67-35-21-15-22-36-67/h1-2,13-26,29-51,54-59H,3-6H3. The van der Waals surface area contributed by atoms with Crippen molar-refractivity contribution in [2.45, 2.75) is 33.1 Å². The average Bonchev–Trinajstić information content (AvgIpc) is 1.59. The summed E-state index contributed by atoms with van der Waals surface area (Å²) < 4.78 is 0. The largest absolute Gasteiger partial charge is 0.310 e. The summed E-state index contributed by atoms with van der Waals surface area (Å²) in [7, 11) is 0. The summed E-state index contributed by atoms with van der Waals surface area (Å²) in [5.74, 6) is 28.6. The van der Waals surface area contributed by atoms with E-state index >= 15 is 0 Å². The van der Waals surface area contributed by atoms with Crippen LogP contribution in [0.4, 0.5) is 51.2 Å². The van der Waals surface area contributed by atoms with Gasteiger partial charge in [0.05, 0.1) is 0 Å². The summed E-state index contributed by atoms with van der Waals surface area (Å²) in [6.07, 6.45) is 11.0. The lowest BCUT2D eigenvalue weighted by atomic mass is 9.79. The number of rotatable bonds is 12. The molecule has 0 heterocycles. The Balaban J connectivity index is 0.912. The summed E-state index contributed by atoms with van der Waals surface area (Å²) in [4.78, 5) is 6.99. The Kier molecular flexibility index (Phi) is 15.5. The van der Waals surface area contributed by atoms with Crippen molar-refractivity contribution in [2.24, 2.45) is 0 Å². The van der Waals surface area contributed by atoms with Gasteiger partial charge in [-0.1, -0.05) is 164 Å². The molecule has 11 aromatic rings. The van der Waals surface area contributed by atoms with Crippen LogP contribution >= 0.6 is 0 Å². The molecule has 0 radical (unpaired) electrons. The molecule has 0 amide bonds. The highest BCUT2D eigenvalue weighted by atomic mass is 15.2. The van der Waals surface area contributed by atoms with E-state index in [1.165, 1.54) is 22.3 Å². The molecule has 1 aliphatic carbocycles. The molecule has 86 heavy (non-hydrogen) atoms. The molecule has 1 aliphatic rings. The predicted molar refractivity (Wildman–Crippen MR) is 361 cm³/mol. The minimum atomic E-state index is -1.06. The second kappa shape index (κ2) is 24.3. The Morgan fingerprint density at radius 3 is 1.01 bits per heavy atom. The zero-order valence-corrected chi connectivity index (χ0v) is 48.3. The van der Waals surface area contributed by atoms with E-state index in [0.29, 0.717) is 0 Å². The van der Waals surface area contributed by atoms with Gasteiger partial charge in [0.2, 0.25) is 0 Å². The van der Waals surface area contributed by atoms with Gasteiger partial charge in [-0.25, -0.2) is 0 Å². The molecule has 3 heteroatoms. The van der Waals surface area contributed by atoms with Crippen LogP contribution in [0.2, 0.25) is 0 Å². The molecule has 0 N–H and O–H groups in total. The SMILES string of the molecule is C#CC#CC#CC1(C#CC#CC#C)c2ccccc2-c2ccc(N(c3ccccc3)c3ccc(-c4ccc(N(c5cccc(-c6ccccc6)c5)c5ccc(-c6ccc(N(c7ccccc7)c7ccccc7)cc6C)c(C)c5)cc4C)c(C)c3)cc21. The van der Waals surface area contributed by atoms with E-state index in [4.69, 9.17) is 12.8 Å². The van der Waals surface area contributed by atoms with Crippen LogP contribution in [0.5, 0.6) is 0 Å². The third-order valence-electron chi connectivity index (χ3n) is 15.9. The summed E-state index contributed by atoms with van der Waals surface area (Å²) in [5, 5.41) is 0. The van der Waals surface area contributed by atoms with Gasteiger partial charge in [0, 0.05) is 51.2 Å². The molecule has 0 unspecified atom stereocenters. The van der Waals surface area contributed by atoms with Gasteiger partial charge in [-0.2, -0.15) is 0 Å². The molecule has 0 aliphatic heterocycles. The maximum absolute atomic E-state index is 5.51. The molecule has 404 valence electrons. The number of terminal acetylenes is 2. The minimum Gasteiger partial charge on any atom is -0.310 e. The van der Waals surface area contributed by atoms with Gasteiger partial charge in [-0.3, -0.25) is 0 Å². The van der Waals surface area contributed by atoms with Gasteiger partial charge in [-0.15, -0.1) is 12.8 Å². The van der Waals surface area contributed by atoms with E-state index < -0.39 is 5.41 Å². The normalized spacial score (nSPS) is 11.2. The molecule has 0 fully saturated rings. The van der Waals surface area contributed by atoms with Gasteiger partial charge in [0.1, 0.15) is 5.41 Å². The number of nitrogens with zero attached hydrogens (tertiary/aromatic N) is 3. The first kappa shape index (κ1) is 54.8. The highest BCUT2D eigenvalue weighted by molar-refractivity contribution is 5.91. The van der Waals surface area contributed by atoms with E-state index in [9.17, 15) is 0 Å². The van der Waals surface area contributed by atoms with E-state index in [-0.39, 0.29) is 0 Å². The number of anilines is 9. The smallest absolute Gasteiger partial charge is 0.145 e. The highest BCUT2D eigenvalue weighted by Crippen LogP contribution is 2.51. The summed E-state index contributed by atoms with van der Waals surface area (Å²) in [6, 6.07) is 93.1. The van der Waals surface area contributed by atoms with Crippen LogP contribution in [0.1, 0.15) is 33.4 Å². The van der Waals surface area contributed by atoms with Crippen molar-refractivity contribution in [3.05, 3.63) is 294 Å². The highest BCUT2D eigenvalue weighted by Gasteiger charge is 2.42. The maximum Gasteiger partial charge on any atom is 0.145 e. The van der Waals surface area contributed by atoms with Gasteiger partial charge in [0.15, 0.2) is 0 Å². The van der Waals surface area contributed by atoms with Crippen molar-refractivity contribution in [3.63, 3.8) is 0 Å². The van der Waals surface area contributed by atoms with Crippen molar-refractivity contribution in [3.8, 4) is 117 Å². The lowest BCUT2D eigenvalue weighted by Gasteiger charge is -2.29. The number of fused-ring (bicyclic) bond motifs is 3. The Morgan fingerprint density at radius 1 is 0.256 bits per heavy atom. The fraction of sp³-hybridized carbons (Fsp3) is 0.0602. The fourth-order valence-electron chi connectivity index (χ4n) is 12.0. The van der Waals surface area contributed by atoms with Crippen molar-refractivity contribution in [1.29, 1.82) is 0 Å². The fourth-order valence-corrected chi connectivity index (χ4v) is 12.0. The zero-order chi connectivity index (χ0) is 59.0. The zero-order valence-electron chi connectivity index (χ0n) is 48.3. The molecular formula is C83H57N3. The van der Waals surface area contributed by atoms with Crippen LogP contribution < -0.4 is 14.7 Å². The van der Waals surface area contributed by atoms with Crippen molar-refractivity contribution >= 4 is 51.2 Å². The van der Waals surface area contributed by atoms with Gasteiger partial charge >= 0.3 is 0 Å².